The number of rotatable bonds is 5. The zero-order valence-electron chi connectivity index (χ0n) is 14.8. The largest absolute Gasteiger partial charge is 0.364 e. The van der Waals surface area contributed by atoms with Gasteiger partial charge in [0.15, 0.2) is 0 Å². The van der Waals surface area contributed by atoms with Crippen LogP contribution in [-0.2, 0) is 21.9 Å². The van der Waals surface area contributed by atoms with E-state index < -0.39 is 15.9 Å². The van der Waals surface area contributed by atoms with Crippen molar-refractivity contribution in [2.24, 2.45) is 18.7 Å². The Morgan fingerprint density at radius 3 is 2.41 bits per heavy atom. The van der Waals surface area contributed by atoms with E-state index in [0.717, 1.165) is 0 Å². The number of hydrogen-bond acceptors (Lipinski definition) is 5. The average Bonchev–Trinajstić information content (AvgIpc) is 3.03. The number of hydrogen-bond donors (Lipinski definition) is 2. The number of nitrogens with one attached hydrogen (secondary N) is 1. The fourth-order valence-electron chi connectivity index (χ4n) is 3.16. The number of anilines is 1. The molecule has 1 fully saturated rings. The van der Waals surface area contributed by atoms with E-state index in [1.165, 1.54) is 15.2 Å². The third-order valence-electron chi connectivity index (χ3n) is 4.64. The highest BCUT2D eigenvalue weighted by atomic mass is 32.2. The van der Waals surface area contributed by atoms with Gasteiger partial charge in [-0.25, -0.2) is 8.42 Å². The number of aryl methyl sites for hydroxylation is 1. The molecule has 0 spiro atoms. The number of piperidine rings is 1. The molecule has 144 valence electrons. The van der Waals surface area contributed by atoms with Crippen LogP contribution in [0.1, 0.15) is 23.3 Å². The Balaban J connectivity index is 1.64. The normalized spacial score (nSPS) is 16.2. The van der Waals surface area contributed by atoms with Crippen molar-refractivity contribution >= 4 is 27.5 Å². The minimum absolute atomic E-state index is 0.118. The van der Waals surface area contributed by atoms with Crippen LogP contribution in [0.4, 0.5) is 5.69 Å². The van der Waals surface area contributed by atoms with Gasteiger partial charge in [0.25, 0.3) is 5.91 Å². The standard InChI is InChI=1S/C17H21N5O4S/c1-21-15(16(18)23)14(11-19-21)20-17(24)12-7-9-22(10-8-12)27(25,26)13-5-3-2-4-6-13/h2-6,11-12H,7-10H2,1H3,(H2,18,23)(H,20,24). The van der Waals surface area contributed by atoms with E-state index in [9.17, 15) is 18.0 Å². The number of carbonyl (C=O) groups excluding carboxylic acids is 2. The van der Waals surface area contributed by atoms with E-state index in [4.69, 9.17) is 5.73 Å². The summed E-state index contributed by atoms with van der Waals surface area (Å²) in [5, 5.41) is 6.60. The molecule has 1 aliphatic heterocycles. The van der Waals surface area contributed by atoms with Crippen LogP contribution in [0.25, 0.3) is 0 Å². The van der Waals surface area contributed by atoms with Crippen LogP contribution >= 0.6 is 0 Å². The molecule has 0 radical (unpaired) electrons. The van der Waals surface area contributed by atoms with Gasteiger partial charge in [-0.2, -0.15) is 9.40 Å². The zero-order chi connectivity index (χ0) is 19.6. The maximum Gasteiger partial charge on any atom is 0.269 e. The molecule has 0 atom stereocenters. The number of benzene rings is 1. The van der Waals surface area contributed by atoms with Gasteiger partial charge in [0.2, 0.25) is 15.9 Å². The van der Waals surface area contributed by atoms with Crippen molar-refractivity contribution in [3.05, 3.63) is 42.2 Å². The van der Waals surface area contributed by atoms with Crippen LogP contribution in [0.3, 0.4) is 0 Å². The molecule has 0 aliphatic carbocycles. The summed E-state index contributed by atoms with van der Waals surface area (Å²) in [5.41, 5.74) is 5.69. The zero-order valence-corrected chi connectivity index (χ0v) is 15.6. The number of amides is 2. The molecule has 2 heterocycles. The summed E-state index contributed by atoms with van der Waals surface area (Å²) in [6.07, 6.45) is 2.15. The number of aromatic nitrogens is 2. The van der Waals surface area contributed by atoms with Crippen molar-refractivity contribution in [1.29, 1.82) is 0 Å². The molecule has 3 rings (SSSR count). The van der Waals surface area contributed by atoms with E-state index in [0.29, 0.717) is 12.8 Å². The van der Waals surface area contributed by atoms with Crippen molar-refractivity contribution in [3.63, 3.8) is 0 Å². The molecule has 3 N–H and O–H groups in total. The van der Waals surface area contributed by atoms with Crippen LogP contribution in [0.2, 0.25) is 0 Å². The second-order valence-electron chi connectivity index (χ2n) is 6.38. The summed E-state index contributed by atoms with van der Waals surface area (Å²) in [6, 6.07) is 8.23. The monoisotopic (exact) mass is 391 g/mol. The molecule has 1 aromatic carbocycles. The molecule has 1 aliphatic rings. The summed E-state index contributed by atoms with van der Waals surface area (Å²) in [7, 11) is -2.00. The molecule has 0 unspecified atom stereocenters. The maximum absolute atomic E-state index is 12.6. The highest BCUT2D eigenvalue weighted by molar-refractivity contribution is 7.89. The topological polar surface area (TPSA) is 127 Å². The molecule has 1 aromatic heterocycles. The molecule has 10 heteroatoms. The van der Waals surface area contributed by atoms with Crippen LogP contribution in [0.5, 0.6) is 0 Å². The van der Waals surface area contributed by atoms with Gasteiger partial charge in [0.1, 0.15) is 5.69 Å². The number of primary amides is 1. The average molecular weight is 391 g/mol. The maximum atomic E-state index is 12.6. The predicted molar refractivity (Wildman–Crippen MR) is 98.3 cm³/mol. The fraction of sp³-hybridized carbons (Fsp3) is 0.353. The molecule has 27 heavy (non-hydrogen) atoms. The van der Waals surface area contributed by atoms with Crippen LogP contribution < -0.4 is 11.1 Å². The first-order chi connectivity index (χ1) is 12.8. The highest BCUT2D eigenvalue weighted by Gasteiger charge is 2.32. The molecule has 0 saturated carbocycles. The molecular weight excluding hydrogens is 370 g/mol. The summed E-state index contributed by atoms with van der Waals surface area (Å²) in [4.78, 5) is 24.2. The van der Waals surface area contributed by atoms with Gasteiger partial charge in [-0.3, -0.25) is 14.3 Å². The second kappa shape index (κ2) is 7.49. The van der Waals surface area contributed by atoms with Gasteiger partial charge in [0, 0.05) is 26.1 Å². The number of carbonyl (C=O) groups is 2. The lowest BCUT2D eigenvalue weighted by Crippen LogP contribution is -2.41. The summed E-state index contributed by atoms with van der Waals surface area (Å²) in [6.45, 7) is 0.510. The Bertz CT molecular complexity index is 947. The molecule has 1 saturated heterocycles. The van der Waals surface area contributed by atoms with Gasteiger partial charge in [-0.1, -0.05) is 18.2 Å². The van der Waals surface area contributed by atoms with Gasteiger partial charge < -0.3 is 11.1 Å². The Labute approximate surface area is 157 Å². The quantitative estimate of drug-likeness (QED) is 0.770. The van der Waals surface area contributed by atoms with Gasteiger partial charge >= 0.3 is 0 Å². The smallest absolute Gasteiger partial charge is 0.269 e. The Morgan fingerprint density at radius 2 is 1.81 bits per heavy atom. The van der Waals surface area contributed by atoms with Crippen molar-refractivity contribution in [2.45, 2.75) is 17.7 Å². The highest BCUT2D eigenvalue weighted by Crippen LogP contribution is 2.25. The van der Waals surface area contributed by atoms with Crippen molar-refractivity contribution < 1.29 is 18.0 Å². The lowest BCUT2D eigenvalue weighted by atomic mass is 9.97. The van der Waals surface area contributed by atoms with Crippen LogP contribution in [-0.4, -0.2) is 47.4 Å². The fourth-order valence-corrected chi connectivity index (χ4v) is 4.65. The van der Waals surface area contributed by atoms with Crippen molar-refractivity contribution in [1.82, 2.24) is 14.1 Å². The van der Waals surface area contributed by atoms with Gasteiger partial charge in [-0.05, 0) is 25.0 Å². The third-order valence-corrected chi connectivity index (χ3v) is 6.55. The van der Waals surface area contributed by atoms with Crippen LogP contribution in [0, 0.1) is 5.92 Å². The van der Waals surface area contributed by atoms with Gasteiger partial charge in [0.05, 0.1) is 16.8 Å². The molecule has 9 nitrogen and oxygen atoms in total. The SMILES string of the molecule is Cn1ncc(NC(=O)C2CCN(S(=O)(=O)c3ccccc3)CC2)c1C(N)=O. The first-order valence-electron chi connectivity index (χ1n) is 8.48. The lowest BCUT2D eigenvalue weighted by molar-refractivity contribution is -0.120. The summed E-state index contributed by atoms with van der Waals surface area (Å²) in [5.74, 6) is -1.32. The Morgan fingerprint density at radius 1 is 1.19 bits per heavy atom. The number of nitrogens with zero attached hydrogens (tertiary/aromatic N) is 3. The number of sulfonamides is 1. The molecule has 2 amide bonds. The van der Waals surface area contributed by atoms with Gasteiger partial charge in [-0.15, -0.1) is 0 Å². The molecule has 2 aromatic rings. The first-order valence-corrected chi connectivity index (χ1v) is 9.92. The Kier molecular flexibility index (Phi) is 5.29. The number of nitrogens with two attached hydrogens (primary N) is 1. The minimum atomic E-state index is -3.56. The van der Waals surface area contributed by atoms with E-state index in [-0.39, 0.29) is 41.2 Å². The minimum Gasteiger partial charge on any atom is -0.364 e. The Hall–Kier alpha value is -2.72. The van der Waals surface area contributed by atoms with Crippen LogP contribution in [0.15, 0.2) is 41.4 Å². The van der Waals surface area contributed by atoms with E-state index in [1.54, 1.807) is 37.4 Å². The second-order valence-corrected chi connectivity index (χ2v) is 8.31. The summed E-state index contributed by atoms with van der Waals surface area (Å²) >= 11 is 0. The van der Waals surface area contributed by atoms with E-state index in [1.807, 2.05) is 0 Å². The lowest BCUT2D eigenvalue weighted by Gasteiger charge is -2.30. The van der Waals surface area contributed by atoms with Crippen molar-refractivity contribution in [3.8, 4) is 0 Å². The summed E-state index contributed by atoms with van der Waals surface area (Å²) < 4.78 is 28.0. The molecule has 0 bridgehead atoms. The van der Waals surface area contributed by atoms with E-state index >= 15 is 0 Å². The van der Waals surface area contributed by atoms with E-state index in [2.05, 4.69) is 10.4 Å². The third kappa shape index (κ3) is 3.86. The predicted octanol–water partition coefficient (Wildman–Crippen LogP) is 0.558. The first kappa shape index (κ1) is 19.1. The van der Waals surface area contributed by atoms with Crippen molar-refractivity contribution in [2.75, 3.05) is 18.4 Å². The molecular formula is C17H21N5O4S.